The second-order valence-corrected chi connectivity index (χ2v) is 5.74. The van der Waals surface area contributed by atoms with Crippen molar-refractivity contribution in [2.24, 2.45) is 0 Å². The highest BCUT2D eigenvalue weighted by Crippen LogP contribution is 2.11. The highest BCUT2D eigenvalue weighted by molar-refractivity contribution is 5.80. The van der Waals surface area contributed by atoms with Gasteiger partial charge in [-0.25, -0.2) is 0 Å². The van der Waals surface area contributed by atoms with Crippen molar-refractivity contribution in [1.82, 2.24) is 5.48 Å². The van der Waals surface area contributed by atoms with Crippen LogP contribution in [0, 0.1) is 0 Å². The van der Waals surface area contributed by atoms with Crippen molar-refractivity contribution in [2.75, 3.05) is 6.54 Å². The molecule has 0 aromatic rings. The molecule has 124 valence electrons. The number of unbranched alkanes of at least 4 members (excludes halogenated alkanes) is 10. The molecule has 0 aliphatic rings. The Bertz CT molecular complexity index is 267. The smallest absolute Gasteiger partial charge is 0.321 e. The average Bonchev–Trinajstić information content (AvgIpc) is 2.44. The van der Waals surface area contributed by atoms with Crippen molar-refractivity contribution >= 4 is 11.8 Å². The van der Waals surface area contributed by atoms with Crippen LogP contribution in [0.25, 0.3) is 0 Å². The van der Waals surface area contributed by atoms with Crippen molar-refractivity contribution in [3.05, 3.63) is 0 Å². The molecule has 0 saturated heterocycles. The highest BCUT2D eigenvalue weighted by atomic mass is 16.7. The standard InChI is InChI=1S/C17H33NO3/c1-3-4-5-6-7-8-9-10-11-12-13-14-17(20)15-18-21-16(2)19/h18H,3-15H2,1-2H3. The lowest BCUT2D eigenvalue weighted by Gasteiger charge is -2.04. The normalized spacial score (nSPS) is 10.6. The number of rotatable bonds is 15. The first-order valence-electron chi connectivity index (χ1n) is 8.58. The van der Waals surface area contributed by atoms with E-state index in [1.165, 1.54) is 64.7 Å². The molecule has 0 aromatic heterocycles. The van der Waals surface area contributed by atoms with Gasteiger partial charge in [0.2, 0.25) is 0 Å². The summed E-state index contributed by atoms with van der Waals surface area (Å²) in [4.78, 5) is 26.4. The number of hydroxylamine groups is 1. The van der Waals surface area contributed by atoms with Crippen molar-refractivity contribution in [3.63, 3.8) is 0 Å². The molecule has 0 atom stereocenters. The molecular formula is C17H33NO3. The largest absolute Gasteiger partial charge is 0.371 e. The van der Waals surface area contributed by atoms with Gasteiger partial charge in [0.15, 0.2) is 0 Å². The Morgan fingerprint density at radius 1 is 0.810 bits per heavy atom. The molecule has 0 radical (unpaired) electrons. The summed E-state index contributed by atoms with van der Waals surface area (Å²) >= 11 is 0. The summed E-state index contributed by atoms with van der Waals surface area (Å²) in [6.45, 7) is 3.68. The van der Waals surface area contributed by atoms with E-state index in [1.54, 1.807) is 0 Å². The van der Waals surface area contributed by atoms with Crippen molar-refractivity contribution in [3.8, 4) is 0 Å². The molecule has 0 aliphatic heterocycles. The molecule has 1 N–H and O–H groups in total. The van der Waals surface area contributed by atoms with E-state index in [9.17, 15) is 9.59 Å². The maximum Gasteiger partial charge on any atom is 0.321 e. The number of carbonyl (C=O) groups excluding carboxylic acids is 2. The van der Waals surface area contributed by atoms with Gasteiger partial charge in [-0.2, -0.15) is 0 Å². The Balaban J connectivity index is 3.14. The summed E-state index contributed by atoms with van der Waals surface area (Å²) in [5.74, 6) is -0.315. The van der Waals surface area contributed by atoms with Gasteiger partial charge < -0.3 is 4.84 Å². The van der Waals surface area contributed by atoms with Crippen molar-refractivity contribution in [2.45, 2.75) is 90.9 Å². The molecule has 0 saturated carbocycles. The maximum absolute atomic E-state index is 11.4. The first-order valence-corrected chi connectivity index (χ1v) is 8.58. The minimum atomic E-state index is -0.419. The van der Waals surface area contributed by atoms with Gasteiger partial charge in [0.05, 0.1) is 6.54 Å². The van der Waals surface area contributed by atoms with E-state index in [1.807, 2.05) is 0 Å². The summed E-state index contributed by atoms with van der Waals surface area (Å²) in [5.41, 5.74) is 2.38. The molecule has 0 bridgehead atoms. The van der Waals surface area contributed by atoms with Gasteiger partial charge in [0, 0.05) is 13.3 Å². The molecule has 4 nitrogen and oxygen atoms in total. The summed E-state index contributed by atoms with van der Waals surface area (Å²) in [6.07, 6.45) is 14.7. The first kappa shape index (κ1) is 20.1. The van der Waals surface area contributed by atoms with Gasteiger partial charge in [0.1, 0.15) is 5.78 Å². The number of Topliss-reactive ketones (excluding diaryl/α,β-unsaturated/α-hetero) is 1. The fraction of sp³-hybridized carbons (Fsp3) is 0.882. The van der Waals surface area contributed by atoms with Gasteiger partial charge in [-0.15, -0.1) is 5.48 Å². The molecule has 0 unspecified atom stereocenters. The summed E-state index contributed by atoms with van der Waals surface area (Å²) < 4.78 is 0. The van der Waals surface area contributed by atoms with E-state index in [-0.39, 0.29) is 12.3 Å². The Labute approximate surface area is 130 Å². The van der Waals surface area contributed by atoms with Crippen LogP contribution in [0.15, 0.2) is 0 Å². The Kier molecular flexibility index (Phi) is 14.8. The maximum atomic E-state index is 11.4. The Morgan fingerprint density at radius 3 is 1.76 bits per heavy atom. The van der Waals surface area contributed by atoms with Crippen LogP contribution in [0.4, 0.5) is 0 Å². The zero-order valence-corrected chi connectivity index (χ0v) is 13.9. The SMILES string of the molecule is CCCCCCCCCCCCCC(=O)CNOC(C)=O. The van der Waals surface area contributed by atoms with Gasteiger partial charge in [0.25, 0.3) is 0 Å². The Hall–Kier alpha value is -0.900. The number of ketones is 1. The molecule has 0 fully saturated rings. The topological polar surface area (TPSA) is 55.4 Å². The van der Waals surface area contributed by atoms with Crippen LogP contribution >= 0.6 is 0 Å². The Morgan fingerprint density at radius 2 is 1.29 bits per heavy atom. The third-order valence-electron chi connectivity index (χ3n) is 3.54. The van der Waals surface area contributed by atoms with Crippen LogP contribution < -0.4 is 5.48 Å². The van der Waals surface area contributed by atoms with Crippen LogP contribution in [0.5, 0.6) is 0 Å². The van der Waals surface area contributed by atoms with Crippen LogP contribution in [0.1, 0.15) is 90.9 Å². The molecule has 0 aromatic carbocycles. The summed E-state index contributed by atoms with van der Waals surface area (Å²) in [5, 5.41) is 0. The van der Waals surface area contributed by atoms with Gasteiger partial charge in [-0.3, -0.25) is 9.59 Å². The van der Waals surface area contributed by atoms with Crippen LogP contribution in [-0.4, -0.2) is 18.3 Å². The van der Waals surface area contributed by atoms with Crippen LogP contribution in [0.3, 0.4) is 0 Å². The predicted octanol–water partition coefficient (Wildman–Crippen LogP) is 4.32. The summed E-state index contributed by atoms with van der Waals surface area (Å²) in [6, 6.07) is 0. The van der Waals surface area contributed by atoms with E-state index >= 15 is 0 Å². The number of nitrogens with one attached hydrogen (secondary N) is 1. The number of carbonyl (C=O) groups is 2. The highest BCUT2D eigenvalue weighted by Gasteiger charge is 2.02. The predicted molar refractivity (Wildman–Crippen MR) is 85.9 cm³/mol. The first-order chi connectivity index (χ1) is 10.2. The lowest BCUT2D eigenvalue weighted by Crippen LogP contribution is -2.25. The van der Waals surface area contributed by atoms with E-state index < -0.39 is 5.97 Å². The lowest BCUT2D eigenvalue weighted by molar-refractivity contribution is -0.149. The third kappa shape index (κ3) is 17.0. The molecule has 0 aliphatic carbocycles. The number of hydrogen-bond acceptors (Lipinski definition) is 4. The third-order valence-corrected chi connectivity index (χ3v) is 3.54. The molecule has 0 spiro atoms. The molecule has 0 heterocycles. The van der Waals surface area contributed by atoms with Crippen LogP contribution in [-0.2, 0) is 14.4 Å². The van der Waals surface area contributed by atoms with Gasteiger partial charge in [-0.1, -0.05) is 71.1 Å². The molecule has 0 amide bonds. The number of hydrogen-bond donors (Lipinski definition) is 1. The quantitative estimate of drug-likeness (QED) is 0.361. The van der Waals surface area contributed by atoms with Gasteiger partial charge in [-0.05, 0) is 6.42 Å². The van der Waals surface area contributed by atoms with E-state index in [2.05, 4.69) is 17.2 Å². The van der Waals surface area contributed by atoms with Crippen LogP contribution in [0.2, 0.25) is 0 Å². The summed E-state index contributed by atoms with van der Waals surface area (Å²) in [7, 11) is 0. The molecular weight excluding hydrogens is 266 g/mol. The molecule has 4 heteroatoms. The van der Waals surface area contributed by atoms with Crippen molar-refractivity contribution < 1.29 is 14.4 Å². The molecule has 0 rings (SSSR count). The molecule has 21 heavy (non-hydrogen) atoms. The van der Waals surface area contributed by atoms with Crippen molar-refractivity contribution in [1.29, 1.82) is 0 Å². The second kappa shape index (κ2) is 15.5. The van der Waals surface area contributed by atoms with Gasteiger partial charge >= 0.3 is 5.97 Å². The van der Waals surface area contributed by atoms with E-state index in [0.717, 1.165) is 12.8 Å². The second-order valence-electron chi connectivity index (χ2n) is 5.74. The average molecular weight is 299 g/mol. The minimum absolute atomic E-state index is 0.104. The zero-order valence-electron chi connectivity index (χ0n) is 13.9. The monoisotopic (exact) mass is 299 g/mol. The fourth-order valence-electron chi connectivity index (χ4n) is 2.29. The lowest BCUT2D eigenvalue weighted by atomic mass is 10.0. The zero-order chi connectivity index (χ0) is 15.8. The van der Waals surface area contributed by atoms with E-state index in [4.69, 9.17) is 0 Å². The fourth-order valence-corrected chi connectivity index (χ4v) is 2.29. The van der Waals surface area contributed by atoms with E-state index in [0.29, 0.717) is 6.42 Å². The minimum Gasteiger partial charge on any atom is -0.371 e.